The Bertz CT molecular complexity index is 145. The van der Waals surface area contributed by atoms with E-state index in [1.54, 1.807) is 0 Å². The predicted octanol–water partition coefficient (Wildman–Crippen LogP) is 0.913. The third-order valence-corrected chi connectivity index (χ3v) is 3.43. The van der Waals surface area contributed by atoms with E-state index in [4.69, 9.17) is 4.74 Å². The highest BCUT2D eigenvalue weighted by molar-refractivity contribution is 4.82. The average Bonchev–Trinajstić information content (AvgIpc) is 2.32. The number of rotatable bonds is 4. The van der Waals surface area contributed by atoms with Crippen molar-refractivity contribution in [2.24, 2.45) is 5.92 Å². The molecule has 0 aromatic carbocycles. The van der Waals surface area contributed by atoms with Gasteiger partial charge in [0, 0.05) is 13.1 Å². The first-order valence-corrected chi connectivity index (χ1v) is 6.29. The van der Waals surface area contributed by atoms with Crippen molar-refractivity contribution < 1.29 is 4.74 Å². The number of nitrogens with zero attached hydrogens (tertiary/aromatic N) is 1. The minimum atomic E-state index is 0.868. The highest BCUT2D eigenvalue weighted by Crippen LogP contribution is 2.16. The molecule has 1 N–H and O–H groups in total. The first-order valence-electron chi connectivity index (χ1n) is 6.29. The molecule has 2 heterocycles. The second kappa shape index (κ2) is 6.46. The zero-order valence-electron chi connectivity index (χ0n) is 9.58. The maximum Gasteiger partial charge on any atom is 0.0594 e. The molecule has 0 unspecified atom stereocenters. The zero-order valence-corrected chi connectivity index (χ0v) is 9.58. The summed E-state index contributed by atoms with van der Waals surface area (Å²) >= 11 is 0. The van der Waals surface area contributed by atoms with Gasteiger partial charge in [-0.2, -0.15) is 0 Å². The van der Waals surface area contributed by atoms with Crippen molar-refractivity contribution in [1.82, 2.24) is 10.2 Å². The van der Waals surface area contributed by atoms with Gasteiger partial charge in [0.05, 0.1) is 13.2 Å². The Morgan fingerprint density at radius 1 is 1.20 bits per heavy atom. The molecule has 0 amide bonds. The summed E-state index contributed by atoms with van der Waals surface area (Å²) < 4.78 is 5.34. The van der Waals surface area contributed by atoms with E-state index >= 15 is 0 Å². The molecule has 2 aliphatic heterocycles. The SMILES string of the molecule is [CH](CCN1CCOCC1)C1CCNCC1. The number of nitrogens with one attached hydrogen (secondary N) is 1. The second-order valence-electron chi connectivity index (χ2n) is 4.57. The number of ether oxygens (including phenoxy) is 1. The average molecular weight is 211 g/mol. The molecule has 15 heavy (non-hydrogen) atoms. The molecular formula is C12H23N2O. The summed E-state index contributed by atoms with van der Waals surface area (Å²) in [6.07, 6.45) is 6.47. The van der Waals surface area contributed by atoms with E-state index in [0.29, 0.717) is 0 Å². The van der Waals surface area contributed by atoms with E-state index in [-0.39, 0.29) is 0 Å². The van der Waals surface area contributed by atoms with Crippen molar-refractivity contribution >= 4 is 0 Å². The van der Waals surface area contributed by atoms with Gasteiger partial charge in [-0.15, -0.1) is 0 Å². The summed E-state index contributed by atoms with van der Waals surface area (Å²) in [5, 5.41) is 3.41. The van der Waals surface area contributed by atoms with Crippen molar-refractivity contribution in [3.63, 3.8) is 0 Å². The standard InChI is InChI=1S/C12H23N2O/c1(2-12-3-5-13-6-4-12)7-14-8-10-15-11-9-14/h2,12-13H,1,3-11H2. The third-order valence-electron chi connectivity index (χ3n) is 3.43. The Morgan fingerprint density at radius 2 is 1.93 bits per heavy atom. The predicted molar refractivity (Wildman–Crippen MR) is 61.8 cm³/mol. The van der Waals surface area contributed by atoms with Gasteiger partial charge in [0.25, 0.3) is 0 Å². The summed E-state index contributed by atoms with van der Waals surface area (Å²) in [5.74, 6) is 0.868. The van der Waals surface area contributed by atoms with Gasteiger partial charge in [-0.3, -0.25) is 4.90 Å². The molecule has 0 saturated carbocycles. The molecule has 2 saturated heterocycles. The summed E-state index contributed by atoms with van der Waals surface area (Å²) in [4.78, 5) is 2.51. The number of morpholine rings is 1. The zero-order chi connectivity index (χ0) is 10.3. The Balaban J connectivity index is 1.53. The minimum Gasteiger partial charge on any atom is -0.379 e. The van der Waals surface area contributed by atoms with Crippen LogP contribution < -0.4 is 5.32 Å². The van der Waals surface area contributed by atoms with Crippen molar-refractivity contribution in [3.05, 3.63) is 6.42 Å². The topological polar surface area (TPSA) is 24.5 Å². The monoisotopic (exact) mass is 211 g/mol. The summed E-state index contributed by atoms with van der Waals surface area (Å²) in [6, 6.07) is 0. The van der Waals surface area contributed by atoms with E-state index in [1.165, 1.54) is 38.9 Å². The van der Waals surface area contributed by atoms with Gasteiger partial charge in [-0.1, -0.05) is 0 Å². The normalized spacial score (nSPS) is 25.6. The van der Waals surface area contributed by atoms with Gasteiger partial charge in [0.15, 0.2) is 0 Å². The molecule has 2 fully saturated rings. The first-order chi connectivity index (χ1) is 7.45. The lowest BCUT2D eigenvalue weighted by Gasteiger charge is -2.28. The molecule has 0 aromatic heterocycles. The van der Waals surface area contributed by atoms with Gasteiger partial charge in [0.1, 0.15) is 0 Å². The van der Waals surface area contributed by atoms with E-state index in [2.05, 4.69) is 16.6 Å². The van der Waals surface area contributed by atoms with E-state index in [0.717, 1.165) is 32.2 Å². The van der Waals surface area contributed by atoms with Crippen LogP contribution in [0.25, 0.3) is 0 Å². The van der Waals surface area contributed by atoms with Crippen molar-refractivity contribution in [2.45, 2.75) is 19.3 Å². The molecule has 87 valence electrons. The van der Waals surface area contributed by atoms with Crippen LogP contribution in [-0.2, 0) is 4.74 Å². The van der Waals surface area contributed by atoms with Crippen LogP contribution in [-0.4, -0.2) is 50.8 Å². The lowest BCUT2D eigenvalue weighted by Crippen LogP contribution is -2.37. The third kappa shape index (κ3) is 4.09. The molecule has 0 spiro atoms. The quantitative estimate of drug-likeness (QED) is 0.748. The molecule has 1 radical (unpaired) electrons. The number of hydrogen-bond acceptors (Lipinski definition) is 3. The van der Waals surface area contributed by atoms with Crippen LogP contribution in [0.1, 0.15) is 19.3 Å². The number of piperidine rings is 1. The lowest BCUT2D eigenvalue weighted by molar-refractivity contribution is 0.0380. The first kappa shape index (κ1) is 11.4. The Kier molecular flexibility index (Phi) is 4.90. The molecule has 3 heteroatoms. The van der Waals surface area contributed by atoms with Gasteiger partial charge < -0.3 is 10.1 Å². The molecular weight excluding hydrogens is 188 g/mol. The van der Waals surface area contributed by atoms with E-state index in [9.17, 15) is 0 Å². The molecule has 2 rings (SSSR count). The fraction of sp³-hybridized carbons (Fsp3) is 0.917. The fourth-order valence-electron chi connectivity index (χ4n) is 2.40. The smallest absolute Gasteiger partial charge is 0.0594 e. The maximum absolute atomic E-state index is 5.34. The van der Waals surface area contributed by atoms with Gasteiger partial charge in [-0.05, 0) is 51.2 Å². The van der Waals surface area contributed by atoms with Crippen molar-refractivity contribution in [2.75, 3.05) is 45.9 Å². The second-order valence-corrected chi connectivity index (χ2v) is 4.57. The lowest BCUT2D eigenvalue weighted by atomic mass is 9.93. The fourth-order valence-corrected chi connectivity index (χ4v) is 2.40. The molecule has 3 nitrogen and oxygen atoms in total. The van der Waals surface area contributed by atoms with Crippen molar-refractivity contribution in [1.29, 1.82) is 0 Å². The summed E-state index contributed by atoms with van der Waals surface area (Å²) in [6.45, 7) is 7.74. The van der Waals surface area contributed by atoms with Crippen LogP contribution >= 0.6 is 0 Å². The Hall–Kier alpha value is -0.120. The molecule has 0 aromatic rings. The van der Waals surface area contributed by atoms with E-state index < -0.39 is 0 Å². The Labute approximate surface area is 93.2 Å². The minimum absolute atomic E-state index is 0.868. The Morgan fingerprint density at radius 3 is 2.67 bits per heavy atom. The van der Waals surface area contributed by atoms with Crippen molar-refractivity contribution in [3.8, 4) is 0 Å². The molecule has 0 aliphatic carbocycles. The van der Waals surface area contributed by atoms with Gasteiger partial charge in [-0.25, -0.2) is 0 Å². The molecule has 0 bridgehead atoms. The van der Waals surface area contributed by atoms with E-state index in [1.807, 2.05) is 0 Å². The van der Waals surface area contributed by atoms with Gasteiger partial charge >= 0.3 is 0 Å². The summed E-state index contributed by atoms with van der Waals surface area (Å²) in [7, 11) is 0. The van der Waals surface area contributed by atoms with Crippen LogP contribution in [0.15, 0.2) is 0 Å². The van der Waals surface area contributed by atoms with Crippen LogP contribution in [0.2, 0.25) is 0 Å². The van der Waals surface area contributed by atoms with Gasteiger partial charge in [0.2, 0.25) is 0 Å². The van der Waals surface area contributed by atoms with Crippen LogP contribution in [0.5, 0.6) is 0 Å². The molecule has 0 atom stereocenters. The van der Waals surface area contributed by atoms with Crippen LogP contribution in [0, 0.1) is 12.3 Å². The number of hydrogen-bond donors (Lipinski definition) is 1. The van der Waals surface area contributed by atoms with Crippen LogP contribution in [0.3, 0.4) is 0 Å². The van der Waals surface area contributed by atoms with Crippen LogP contribution in [0.4, 0.5) is 0 Å². The highest BCUT2D eigenvalue weighted by Gasteiger charge is 2.14. The maximum atomic E-state index is 5.34. The summed E-state index contributed by atoms with van der Waals surface area (Å²) in [5.41, 5.74) is 0. The highest BCUT2D eigenvalue weighted by atomic mass is 16.5. The largest absolute Gasteiger partial charge is 0.379 e. The molecule has 2 aliphatic rings.